The van der Waals surface area contributed by atoms with Crippen molar-refractivity contribution in [2.24, 2.45) is 0 Å². The minimum Gasteiger partial charge on any atom is -0.406 e. The van der Waals surface area contributed by atoms with Crippen molar-refractivity contribution in [1.82, 2.24) is 9.55 Å². The molecule has 1 atom stereocenters. The Morgan fingerprint density at radius 2 is 2.10 bits per heavy atom. The molecule has 0 fully saturated rings. The molecule has 20 heavy (non-hydrogen) atoms. The summed E-state index contributed by atoms with van der Waals surface area (Å²) < 4.78 is 6.45. The van der Waals surface area contributed by atoms with E-state index in [9.17, 15) is 9.90 Å². The van der Waals surface area contributed by atoms with Crippen molar-refractivity contribution in [1.29, 1.82) is 0 Å². The molecule has 0 amide bonds. The molecule has 0 saturated carbocycles. The molecule has 2 aromatic heterocycles. The van der Waals surface area contributed by atoms with E-state index in [-0.39, 0.29) is 6.54 Å². The first-order chi connectivity index (χ1) is 9.66. The van der Waals surface area contributed by atoms with E-state index in [1.165, 1.54) is 4.57 Å². The van der Waals surface area contributed by atoms with Crippen LogP contribution in [0, 0.1) is 6.92 Å². The monoisotopic (exact) mass is 270 g/mol. The molecule has 1 N–H and O–H groups in total. The highest BCUT2D eigenvalue weighted by Gasteiger charge is 2.16. The summed E-state index contributed by atoms with van der Waals surface area (Å²) in [5.74, 6) is -0.508. The average Bonchev–Trinajstić information content (AvgIpc) is 2.76. The number of aliphatic hydroxyl groups excluding tert-OH is 1. The number of rotatable bonds is 3. The second-order valence-electron chi connectivity index (χ2n) is 4.68. The quantitative estimate of drug-likeness (QED) is 0.790. The maximum atomic E-state index is 11.8. The number of oxazole rings is 1. The molecule has 3 aromatic rings. The Morgan fingerprint density at radius 3 is 2.90 bits per heavy atom. The van der Waals surface area contributed by atoms with E-state index in [4.69, 9.17) is 4.42 Å². The molecule has 0 aliphatic rings. The summed E-state index contributed by atoms with van der Waals surface area (Å²) in [6, 6.07) is 10.9. The highest BCUT2D eigenvalue weighted by Crippen LogP contribution is 2.20. The molecule has 0 spiro atoms. The maximum Gasteiger partial charge on any atom is 0.421 e. The van der Waals surface area contributed by atoms with Crippen molar-refractivity contribution in [3.05, 3.63) is 64.3 Å². The summed E-state index contributed by atoms with van der Waals surface area (Å²) in [6.45, 7) is 2.04. The van der Waals surface area contributed by atoms with Crippen molar-refractivity contribution >= 4 is 11.2 Å². The van der Waals surface area contributed by atoms with Crippen LogP contribution in [0.5, 0.6) is 0 Å². The van der Waals surface area contributed by atoms with Gasteiger partial charge in [0, 0.05) is 6.20 Å². The molecule has 0 saturated heterocycles. The van der Waals surface area contributed by atoms with Crippen LogP contribution in [0.3, 0.4) is 0 Å². The zero-order chi connectivity index (χ0) is 14.1. The molecule has 5 nitrogen and oxygen atoms in total. The molecule has 1 aromatic carbocycles. The third-order valence-corrected chi connectivity index (χ3v) is 3.33. The lowest BCUT2D eigenvalue weighted by Crippen LogP contribution is -2.19. The number of aliphatic hydroxyl groups is 1. The lowest BCUT2D eigenvalue weighted by atomic mass is 10.0. The van der Waals surface area contributed by atoms with Gasteiger partial charge in [-0.2, -0.15) is 0 Å². The minimum atomic E-state index is -0.781. The van der Waals surface area contributed by atoms with Gasteiger partial charge in [-0.15, -0.1) is 0 Å². The van der Waals surface area contributed by atoms with E-state index in [1.807, 2.05) is 31.2 Å². The molecule has 0 aliphatic heterocycles. The number of aromatic nitrogens is 2. The number of aryl methyl sites for hydroxylation is 1. The molecule has 3 rings (SSSR count). The van der Waals surface area contributed by atoms with Crippen LogP contribution in [0.25, 0.3) is 11.2 Å². The number of pyridine rings is 1. The molecule has 0 bridgehead atoms. The summed E-state index contributed by atoms with van der Waals surface area (Å²) in [5.41, 5.74) is 2.65. The zero-order valence-corrected chi connectivity index (χ0v) is 11.0. The third kappa shape index (κ3) is 2.12. The number of nitrogens with zero attached hydrogens (tertiary/aromatic N) is 2. The van der Waals surface area contributed by atoms with Crippen molar-refractivity contribution in [2.75, 3.05) is 0 Å². The van der Waals surface area contributed by atoms with Crippen LogP contribution in [0.15, 0.2) is 51.8 Å². The van der Waals surface area contributed by atoms with Gasteiger partial charge < -0.3 is 9.52 Å². The SMILES string of the molecule is Cc1ccccc1C(O)Cn1c(=O)oc2cccnc21. The second kappa shape index (κ2) is 4.94. The van der Waals surface area contributed by atoms with E-state index in [2.05, 4.69) is 4.98 Å². The van der Waals surface area contributed by atoms with Crippen molar-refractivity contribution in [3.8, 4) is 0 Å². The van der Waals surface area contributed by atoms with Gasteiger partial charge >= 0.3 is 5.76 Å². The Bertz CT molecular complexity index is 804. The van der Waals surface area contributed by atoms with Gasteiger partial charge in [0.05, 0.1) is 12.6 Å². The smallest absolute Gasteiger partial charge is 0.406 e. The Morgan fingerprint density at radius 1 is 1.30 bits per heavy atom. The topological polar surface area (TPSA) is 68.3 Å². The van der Waals surface area contributed by atoms with Crippen molar-refractivity contribution in [2.45, 2.75) is 19.6 Å². The van der Waals surface area contributed by atoms with E-state index < -0.39 is 11.9 Å². The standard InChI is InChI=1S/C15H14N2O3/c1-10-5-2-3-6-11(10)12(18)9-17-14-13(20-15(17)19)7-4-8-16-14/h2-8,12,18H,9H2,1H3. The van der Waals surface area contributed by atoms with E-state index in [0.29, 0.717) is 11.2 Å². The Balaban J connectivity index is 2.00. The minimum absolute atomic E-state index is 0.119. The first-order valence-electron chi connectivity index (χ1n) is 6.35. The van der Waals surface area contributed by atoms with Gasteiger partial charge in [0.15, 0.2) is 11.2 Å². The highest BCUT2D eigenvalue weighted by atomic mass is 16.4. The van der Waals surface area contributed by atoms with Gasteiger partial charge in [-0.3, -0.25) is 4.57 Å². The van der Waals surface area contributed by atoms with Crippen LogP contribution in [-0.4, -0.2) is 14.7 Å². The lowest BCUT2D eigenvalue weighted by molar-refractivity contribution is 0.154. The zero-order valence-electron chi connectivity index (χ0n) is 11.0. The summed E-state index contributed by atoms with van der Waals surface area (Å²) in [7, 11) is 0. The molecular weight excluding hydrogens is 256 g/mol. The van der Waals surface area contributed by atoms with E-state index in [0.717, 1.165) is 11.1 Å². The van der Waals surface area contributed by atoms with Gasteiger partial charge in [0.25, 0.3) is 0 Å². The van der Waals surface area contributed by atoms with Crippen LogP contribution < -0.4 is 5.76 Å². The molecule has 0 radical (unpaired) electrons. The van der Waals surface area contributed by atoms with Crippen LogP contribution in [0.4, 0.5) is 0 Å². The van der Waals surface area contributed by atoms with Gasteiger partial charge in [-0.05, 0) is 30.2 Å². The van der Waals surface area contributed by atoms with Crippen LogP contribution in [0.1, 0.15) is 17.2 Å². The fraction of sp³-hybridized carbons (Fsp3) is 0.200. The van der Waals surface area contributed by atoms with Crippen LogP contribution in [0.2, 0.25) is 0 Å². The molecule has 102 valence electrons. The Labute approximate surface area is 115 Å². The van der Waals surface area contributed by atoms with Gasteiger partial charge in [0.1, 0.15) is 0 Å². The normalized spacial score (nSPS) is 12.7. The number of hydrogen-bond acceptors (Lipinski definition) is 4. The first-order valence-corrected chi connectivity index (χ1v) is 6.35. The molecule has 2 heterocycles. The van der Waals surface area contributed by atoms with Gasteiger partial charge in [-0.25, -0.2) is 9.78 Å². The van der Waals surface area contributed by atoms with Gasteiger partial charge in [-0.1, -0.05) is 24.3 Å². The largest absolute Gasteiger partial charge is 0.421 e. The first kappa shape index (κ1) is 12.6. The van der Waals surface area contributed by atoms with Crippen LogP contribution in [-0.2, 0) is 6.54 Å². The molecule has 1 unspecified atom stereocenters. The van der Waals surface area contributed by atoms with Crippen molar-refractivity contribution < 1.29 is 9.52 Å². The predicted molar refractivity (Wildman–Crippen MR) is 74.4 cm³/mol. The van der Waals surface area contributed by atoms with E-state index >= 15 is 0 Å². The number of fused-ring (bicyclic) bond motifs is 1. The summed E-state index contributed by atoms with van der Waals surface area (Å²) in [5, 5.41) is 10.3. The average molecular weight is 270 g/mol. The molecular formula is C15H14N2O3. The fourth-order valence-corrected chi connectivity index (χ4v) is 2.29. The molecule has 0 aliphatic carbocycles. The summed E-state index contributed by atoms with van der Waals surface area (Å²) in [4.78, 5) is 16.0. The highest BCUT2D eigenvalue weighted by molar-refractivity contribution is 5.67. The summed E-state index contributed by atoms with van der Waals surface area (Å²) in [6.07, 6.45) is 0.810. The number of benzene rings is 1. The Hall–Kier alpha value is -2.40. The Kier molecular flexibility index (Phi) is 3.12. The number of hydrogen-bond donors (Lipinski definition) is 1. The maximum absolute atomic E-state index is 11.8. The third-order valence-electron chi connectivity index (χ3n) is 3.33. The van der Waals surface area contributed by atoms with Crippen molar-refractivity contribution in [3.63, 3.8) is 0 Å². The summed E-state index contributed by atoms with van der Waals surface area (Å²) >= 11 is 0. The lowest BCUT2D eigenvalue weighted by Gasteiger charge is -2.13. The predicted octanol–water partition coefficient (Wildman–Crippen LogP) is 2.03. The van der Waals surface area contributed by atoms with Crippen LogP contribution >= 0.6 is 0 Å². The fourth-order valence-electron chi connectivity index (χ4n) is 2.29. The van der Waals surface area contributed by atoms with Gasteiger partial charge in [0.2, 0.25) is 0 Å². The van der Waals surface area contributed by atoms with E-state index in [1.54, 1.807) is 18.3 Å². The second-order valence-corrected chi connectivity index (χ2v) is 4.68. The molecule has 5 heteroatoms.